The standard InChI is InChI=1S/C12H25BrN2O/c1-5-15(6-2)9-7-8-14-12(16)11(13)10(3)4/h10-11H,5-9H2,1-4H3,(H,14,16). The Morgan fingerprint density at radius 1 is 1.31 bits per heavy atom. The van der Waals surface area contributed by atoms with Gasteiger partial charge in [-0.1, -0.05) is 43.6 Å². The van der Waals surface area contributed by atoms with Gasteiger partial charge in [0.05, 0.1) is 4.83 Å². The van der Waals surface area contributed by atoms with Gasteiger partial charge in [-0.15, -0.1) is 0 Å². The van der Waals surface area contributed by atoms with Crippen molar-refractivity contribution < 1.29 is 4.79 Å². The molecule has 16 heavy (non-hydrogen) atoms. The number of alkyl halides is 1. The fourth-order valence-electron chi connectivity index (χ4n) is 1.45. The molecule has 1 unspecified atom stereocenters. The Kier molecular flexibility index (Phi) is 8.94. The van der Waals surface area contributed by atoms with Crippen LogP contribution >= 0.6 is 15.9 Å². The fraction of sp³-hybridized carbons (Fsp3) is 0.917. The molecule has 0 fully saturated rings. The van der Waals surface area contributed by atoms with Crippen LogP contribution in [0.4, 0.5) is 0 Å². The first-order valence-electron chi connectivity index (χ1n) is 6.17. The summed E-state index contributed by atoms with van der Waals surface area (Å²) in [7, 11) is 0. The quantitative estimate of drug-likeness (QED) is 0.550. The number of amides is 1. The third-order valence-electron chi connectivity index (χ3n) is 2.68. The minimum Gasteiger partial charge on any atom is -0.355 e. The first-order valence-corrected chi connectivity index (χ1v) is 7.08. The second-order valence-corrected chi connectivity index (χ2v) is 5.30. The van der Waals surface area contributed by atoms with E-state index in [9.17, 15) is 4.79 Å². The molecule has 0 radical (unpaired) electrons. The maximum atomic E-state index is 11.6. The number of carbonyl (C=O) groups excluding carboxylic acids is 1. The highest BCUT2D eigenvalue weighted by Gasteiger charge is 2.17. The molecule has 0 saturated heterocycles. The molecule has 0 heterocycles. The maximum Gasteiger partial charge on any atom is 0.234 e. The van der Waals surface area contributed by atoms with Gasteiger partial charge in [-0.25, -0.2) is 0 Å². The molecule has 0 spiro atoms. The molecular weight excluding hydrogens is 268 g/mol. The van der Waals surface area contributed by atoms with E-state index < -0.39 is 0 Å². The highest BCUT2D eigenvalue weighted by molar-refractivity contribution is 9.10. The summed E-state index contributed by atoms with van der Waals surface area (Å²) < 4.78 is 0. The average molecular weight is 293 g/mol. The van der Waals surface area contributed by atoms with Crippen LogP contribution in [0.2, 0.25) is 0 Å². The van der Waals surface area contributed by atoms with Crippen molar-refractivity contribution in [3.8, 4) is 0 Å². The smallest absolute Gasteiger partial charge is 0.234 e. The zero-order chi connectivity index (χ0) is 12.6. The SMILES string of the molecule is CCN(CC)CCCNC(=O)C(Br)C(C)C. The van der Waals surface area contributed by atoms with Crippen molar-refractivity contribution in [1.29, 1.82) is 0 Å². The van der Waals surface area contributed by atoms with Crippen LogP contribution in [-0.4, -0.2) is 41.8 Å². The molecule has 1 atom stereocenters. The molecule has 0 bridgehead atoms. The predicted octanol–water partition coefficient (Wildman–Crippen LogP) is 2.25. The van der Waals surface area contributed by atoms with Crippen LogP contribution in [0.25, 0.3) is 0 Å². The molecule has 3 nitrogen and oxygen atoms in total. The number of carbonyl (C=O) groups is 1. The summed E-state index contributed by atoms with van der Waals surface area (Å²) in [5.41, 5.74) is 0. The fourth-order valence-corrected chi connectivity index (χ4v) is 1.62. The zero-order valence-corrected chi connectivity index (χ0v) is 12.5. The Bertz CT molecular complexity index is 193. The Morgan fingerprint density at radius 3 is 2.31 bits per heavy atom. The van der Waals surface area contributed by atoms with E-state index in [-0.39, 0.29) is 10.7 Å². The van der Waals surface area contributed by atoms with E-state index in [1.807, 2.05) is 13.8 Å². The third-order valence-corrected chi connectivity index (χ3v) is 4.15. The molecule has 96 valence electrons. The second-order valence-electron chi connectivity index (χ2n) is 4.32. The number of nitrogens with zero attached hydrogens (tertiary/aromatic N) is 1. The van der Waals surface area contributed by atoms with Crippen LogP contribution < -0.4 is 5.32 Å². The van der Waals surface area contributed by atoms with Gasteiger partial charge >= 0.3 is 0 Å². The molecule has 0 aliphatic heterocycles. The van der Waals surface area contributed by atoms with E-state index in [0.29, 0.717) is 5.92 Å². The molecule has 4 heteroatoms. The summed E-state index contributed by atoms with van der Waals surface area (Å²) in [6.45, 7) is 12.4. The minimum absolute atomic E-state index is 0.0686. The number of hydrogen-bond acceptors (Lipinski definition) is 2. The van der Waals surface area contributed by atoms with Gasteiger partial charge in [-0.2, -0.15) is 0 Å². The normalized spacial score (nSPS) is 13.2. The Hall–Kier alpha value is -0.0900. The molecule has 0 saturated carbocycles. The molecule has 0 aliphatic carbocycles. The summed E-state index contributed by atoms with van der Waals surface area (Å²) in [4.78, 5) is 13.9. The van der Waals surface area contributed by atoms with Gasteiger partial charge in [0.2, 0.25) is 5.91 Å². The monoisotopic (exact) mass is 292 g/mol. The van der Waals surface area contributed by atoms with Crippen molar-refractivity contribution in [3.63, 3.8) is 0 Å². The van der Waals surface area contributed by atoms with Crippen molar-refractivity contribution in [2.45, 2.75) is 38.9 Å². The molecular formula is C12H25BrN2O. The van der Waals surface area contributed by atoms with E-state index in [2.05, 4.69) is 40.0 Å². The first-order chi connectivity index (χ1) is 7.52. The molecule has 0 aromatic rings. The third kappa shape index (κ3) is 6.48. The van der Waals surface area contributed by atoms with Gasteiger partial charge in [-0.3, -0.25) is 4.79 Å². The van der Waals surface area contributed by atoms with Crippen molar-refractivity contribution >= 4 is 21.8 Å². The Labute approximate surface area is 108 Å². The molecule has 1 N–H and O–H groups in total. The minimum atomic E-state index is -0.0686. The van der Waals surface area contributed by atoms with E-state index in [4.69, 9.17) is 0 Å². The summed E-state index contributed by atoms with van der Waals surface area (Å²) in [5.74, 6) is 0.442. The number of rotatable bonds is 8. The summed E-state index contributed by atoms with van der Waals surface area (Å²) >= 11 is 3.39. The van der Waals surface area contributed by atoms with Crippen LogP contribution in [0.5, 0.6) is 0 Å². The van der Waals surface area contributed by atoms with Gasteiger partial charge in [0.1, 0.15) is 0 Å². The van der Waals surface area contributed by atoms with Gasteiger partial charge in [0, 0.05) is 6.54 Å². The van der Waals surface area contributed by atoms with Crippen molar-refractivity contribution in [1.82, 2.24) is 10.2 Å². The second kappa shape index (κ2) is 8.99. The Morgan fingerprint density at radius 2 is 1.88 bits per heavy atom. The van der Waals surface area contributed by atoms with Gasteiger partial charge in [0.15, 0.2) is 0 Å². The van der Waals surface area contributed by atoms with Gasteiger partial charge < -0.3 is 10.2 Å². The van der Waals surface area contributed by atoms with E-state index in [1.165, 1.54) is 0 Å². The van der Waals surface area contributed by atoms with E-state index >= 15 is 0 Å². The van der Waals surface area contributed by atoms with Crippen LogP contribution in [0.1, 0.15) is 34.1 Å². The topological polar surface area (TPSA) is 32.3 Å². The zero-order valence-electron chi connectivity index (χ0n) is 10.9. The van der Waals surface area contributed by atoms with Crippen LogP contribution in [0, 0.1) is 5.92 Å². The highest BCUT2D eigenvalue weighted by atomic mass is 79.9. The van der Waals surface area contributed by atoms with Crippen molar-refractivity contribution in [2.24, 2.45) is 5.92 Å². The lowest BCUT2D eigenvalue weighted by molar-refractivity contribution is -0.121. The van der Waals surface area contributed by atoms with Gasteiger partial charge in [0.25, 0.3) is 0 Å². The van der Waals surface area contributed by atoms with Crippen LogP contribution in [-0.2, 0) is 4.79 Å². The lowest BCUT2D eigenvalue weighted by Crippen LogP contribution is -2.36. The van der Waals surface area contributed by atoms with Crippen LogP contribution in [0.3, 0.4) is 0 Å². The molecule has 0 rings (SSSR count). The largest absolute Gasteiger partial charge is 0.355 e. The number of halogens is 1. The number of nitrogens with one attached hydrogen (secondary N) is 1. The highest BCUT2D eigenvalue weighted by Crippen LogP contribution is 2.11. The predicted molar refractivity (Wildman–Crippen MR) is 73.0 cm³/mol. The Balaban J connectivity index is 3.62. The molecule has 0 aliphatic rings. The van der Waals surface area contributed by atoms with Crippen molar-refractivity contribution in [3.05, 3.63) is 0 Å². The first kappa shape index (κ1) is 15.9. The summed E-state index contributed by atoms with van der Waals surface area (Å²) in [6, 6.07) is 0. The molecule has 0 aromatic heterocycles. The van der Waals surface area contributed by atoms with Crippen LogP contribution in [0.15, 0.2) is 0 Å². The lowest BCUT2D eigenvalue weighted by Gasteiger charge is -2.18. The lowest BCUT2D eigenvalue weighted by atomic mass is 10.1. The van der Waals surface area contributed by atoms with E-state index in [0.717, 1.165) is 32.6 Å². The van der Waals surface area contributed by atoms with Gasteiger partial charge in [-0.05, 0) is 32.0 Å². The summed E-state index contributed by atoms with van der Waals surface area (Å²) in [6.07, 6.45) is 1.02. The maximum absolute atomic E-state index is 11.6. The average Bonchev–Trinajstić information content (AvgIpc) is 2.27. The molecule has 1 amide bonds. The number of hydrogen-bond donors (Lipinski definition) is 1. The molecule has 0 aromatic carbocycles. The van der Waals surface area contributed by atoms with Crippen molar-refractivity contribution in [2.75, 3.05) is 26.2 Å². The van der Waals surface area contributed by atoms with E-state index in [1.54, 1.807) is 0 Å². The summed E-state index contributed by atoms with van der Waals surface area (Å²) in [5, 5.41) is 2.95.